The molecule has 0 saturated heterocycles. The van der Waals surface area contributed by atoms with Gasteiger partial charge in [0.2, 0.25) is 0 Å². The molecule has 0 radical (unpaired) electrons. The summed E-state index contributed by atoms with van der Waals surface area (Å²) in [6.45, 7) is 8.95. The molecule has 1 aliphatic heterocycles. The molecule has 19 heavy (non-hydrogen) atoms. The van der Waals surface area contributed by atoms with E-state index in [4.69, 9.17) is 0 Å². The van der Waals surface area contributed by atoms with Crippen molar-refractivity contribution in [2.45, 2.75) is 27.7 Å². The Kier molecular flexibility index (Phi) is 3.75. The molecule has 2 aliphatic rings. The fourth-order valence-electron chi connectivity index (χ4n) is 2.40. The van der Waals surface area contributed by atoms with Crippen LogP contribution in [0, 0.1) is 16.7 Å². The lowest BCUT2D eigenvalue weighted by atomic mass is 9.65. The Hall–Kier alpha value is -1.63. The highest BCUT2D eigenvalue weighted by Crippen LogP contribution is 2.43. The minimum absolute atomic E-state index is 0.0633. The summed E-state index contributed by atoms with van der Waals surface area (Å²) in [4.78, 5) is 4.38. The first-order chi connectivity index (χ1) is 8.97. The molecule has 0 aromatic heterocycles. The number of nitrogens with zero attached hydrogens (tertiary/aromatic N) is 1. The third-order valence-electron chi connectivity index (χ3n) is 4.25. The molecule has 100 valence electrons. The second-order valence-electron chi connectivity index (χ2n) is 6.06. The highest BCUT2D eigenvalue weighted by molar-refractivity contribution is 5.72. The van der Waals surface area contributed by atoms with E-state index in [9.17, 15) is 0 Å². The lowest BCUT2D eigenvalue weighted by Gasteiger charge is -2.37. The van der Waals surface area contributed by atoms with Gasteiger partial charge in [-0.2, -0.15) is 0 Å². The maximum atomic E-state index is 4.38. The molecule has 1 nitrogen and oxygen atoms in total. The molecule has 2 atom stereocenters. The summed E-state index contributed by atoms with van der Waals surface area (Å²) in [7, 11) is 0. The molecule has 0 aromatic carbocycles. The maximum Gasteiger partial charge on any atom is 0.0333 e. The molecular weight excluding hydrogens is 230 g/mol. The average molecular weight is 253 g/mol. The Morgan fingerprint density at radius 3 is 2.42 bits per heavy atom. The summed E-state index contributed by atoms with van der Waals surface area (Å²) in [6, 6.07) is 0. The summed E-state index contributed by atoms with van der Waals surface area (Å²) in [5, 5.41) is 0. The van der Waals surface area contributed by atoms with Gasteiger partial charge in [-0.15, -0.1) is 0 Å². The van der Waals surface area contributed by atoms with E-state index in [1.807, 2.05) is 18.5 Å². The van der Waals surface area contributed by atoms with Crippen molar-refractivity contribution in [2.24, 2.45) is 21.7 Å². The molecule has 0 bridgehead atoms. The standard InChI is InChI=1S/C18H23N/c1-15(2)16-8-7-11-17(3,12-9-16)18(4)10-5-6-13-19-14-18/h5-15H,1-4H3. The molecule has 0 amide bonds. The fourth-order valence-corrected chi connectivity index (χ4v) is 2.40. The van der Waals surface area contributed by atoms with Gasteiger partial charge in [0.1, 0.15) is 0 Å². The molecule has 0 N–H and O–H groups in total. The topological polar surface area (TPSA) is 12.4 Å². The Balaban J connectivity index is 2.38. The number of allylic oxidation sites excluding steroid dienone is 9. The summed E-state index contributed by atoms with van der Waals surface area (Å²) in [6.07, 6.45) is 21.4. The second kappa shape index (κ2) is 5.16. The van der Waals surface area contributed by atoms with Gasteiger partial charge in [-0.25, -0.2) is 0 Å². The monoisotopic (exact) mass is 253 g/mol. The van der Waals surface area contributed by atoms with Gasteiger partial charge in [-0.1, -0.05) is 63.3 Å². The van der Waals surface area contributed by atoms with E-state index in [2.05, 4.69) is 75.2 Å². The quantitative estimate of drug-likeness (QED) is 0.666. The molecule has 0 aromatic rings. The minimum atomic E-state index is -0.107. The van der Waals surface area contributed by atoms with Crippen molar-refractivity contribution in [3.63, 3.8) is 0 Å². The smallest absolute Gasteiger partial charge is 0.0333 e. The molecule has 0 saturated carbocycles. The molecule has 1 aliphatic carbocycles. The third kappa shape index (κ3) is 2.70. The van der Waals surface area contributed by atoms with E-state index in [0.717, 1.165) is 0 Å². The van der Waals surface area contributed by atoms with Crippen molar-refractivity contribution >= 4 is 6.21 Å². The van der Waals surface area contributed by atoms with Gasteiger partial charge >= 0.3 is 0 Å². The van der Waals surface area contributed by atoms with Crippen LogP contribution in [0.25, 0.3) is 0 Å². The molecule has 0 spiro atoms. The number of hydrogen-bond acceptors (Lipinski definition) is 1. The Labute approximate surface area is 116 Å². The molecule has 2 unspecified atom stereocenters. The van der Waals surface area contributed by atoms with E-state index in [1.54, 1.807) is 0 Å². The summed E-state index contributed by atoms with van der Waals surface area (Å²) < 4.78 is 0. The van der Waals surface area contributed by atoms with Gasteiger partial charge in [-0.3, -0.25) is 4.99 Å². The Bertz CT molecular complexity index is 496. The van der Waals surface area contributed by atoms with Crippen LogP contribution in [0.15, 0.2) is 65.4 Å². The van der Waals surface area contributed by atoms with E-state index in [0.29, 0.717) is 5.92 Å². The largest absolute Gasteiger partial charge is 0.268 e. The fraction of sp³-hybridized carbons (Fsp3) is 0.389. The molecule has 1 heteroatoms. The first kappa shape index (κ1) is 13.8. The van der Waals surface area contributed by atoms with Crippen molar-refractivity contribution in [3.05, 3.63) is 60.4 Å². The number of rotatable bonds is 2. The van der Waals surface area contributed by atoms with Gasteiger partial charge < -0.3 is 0 Å². The van der Waals surface area contributed by atoms with Crippen molar-refractivity contribution < 1.29 is 0 Å². The molecule has 2 rings (SSSR count). The van der Waals surface area contributed by atoms with Crippen LogP contribution in [-0.4, -0.2) is 6.21 Å². The van der Waals surface area contributed by atoms with E-state index >= 15 is 0 Å². The number of hydrogen-bond donors (Lipinski definition) is 0. The Morgan fingerprint density at radius 2 is 1.68 bits per heavy atom. The van der Waals surface area contributed by atoms with Crippen LogP contribution >= 0.6 is 0 Å². The van der Waals surface area contributed by atoms with Crippen LogP contribution in [-0.2, 0) is 0 Å². The lowest BCUT2D eigenvalue weighted by Crippen LogP contribution is -2.34. The van der Waals surface area contributed by atoms with Crippen molar-refractivity contribution in [2.75, 3.05) is 0 Å². The Morgan fingerprint density at radius 1 is 0.947 bits per heavy atom. The highest BCUT2D eigenvalue weighted by Gasteiger charge is 2.38. The van der Waals surface area contributed by atoms with Crippen LogP contribution in [0.3, 0.4) is 0 Å². The number of aliphatic imine (C=N–C) groups is 1. The summed E-state index contributed by atoms with van der Waals surface area (Å²) in [5.74, 6) is 0.552. The predicted octanol–water partition coefficient (Wildman–Crippen LogP) is 4.86. The van der Waals surface area contributed by atoms with E-state index in [1.165, 1.54) is 5.57 Å². The zero-order valence-electron chi connectivity index (χ0n) is 12.3. The van der Waals surface area contributed by atoms with Crippen LogP contribution < -0.4 is 0 Å². The van der Waals surface area contributed by atoms with Crippen LogP contribution in [0.4, 0.5) is 0 Å². The van der Waals surface area contributed by atoms with Gasteiger partial charge in [0.05, 0.1) is 0 Å². The summed E-state index contributed by atoms with van der Waals surface area (Å²) >= 11 is 0. The van der Waals surface area contributed by atoms with Crippen LogP contribution in [0.5, 0.6) is 0 Å². The average Bonchev–Trinajstić information content (AvgIpc) is 2.69. The zero-order chi connectivity index (χ0) is 13.9. The van der Waals surface area contributed by atoms with Gasteiger partial charge in [0.15, 0.2) is 0 Å². The second-order valence-corrected chi connectivity index (χ2v) is 6.06. The summed E-state index contributed by atoms with van der Waals surface area (Å²) in [5.41, 5.74) is 1.20. The van der Waals surface area contributed by atoms with Crippen molar-refractivity contribution in [1.29, 1.82) is 0 Å². The van der Waals surface area contributed by atoms with Crippen LogP contribution in [0.1, 0.15) is 27.7 Å². The van der Waals surface area contributed by atoms with Crippen molar-refractivity contribution in [3.8, 4) is 0 Å². The predicted molar refractivity (Wildman–Crippen MR) is 84.2 cm³/mol. The highest BCUT2D eigenvalue weighted by atomic mass is 14.7. The molecule has 0 fully saturated rings. The molecule has 1 heterocycles. The first-order valence-electron chi connectivity index (χ1n) is 6.94. The third-order valence-corrected chi connectivity index (χ3v) is 4.25. The SMILES string of the molecule is CC(C)C1=CC=CC(C)(C2(C)C=CC=CN=C2)C=C1. The minimum Gasteiger partial charge on any atom is -0.268 e. The van der Waals surface area contributed by atoms with E-state index < -0.39 is 0 Å². The zero-order valence-corrected chi connectivity index (χ0v) is 12.3. The molecular formula is C18H23N. The van der Waals surface area contributed by atoms with Crippen molar-refractivity contribution in [1.82, 2.24) is 0 Å². The van der Waals surface area contributed by atoms with Gasteiger partial charge in [0, 0.05) is 23.2 Å². The van der Waals surface area contributed by atoms with E-state index in [-0.39, 0.29) is 10.8 Å². The lowest BCUT2D eigenvalue weighted by molar-refractivity contribution is 0.352. The normalized spacial score (nSPS) is 33.4. The van der Waals surface area contributed by atoms with Gasteiger partial charge in [0.25, 0.3) is 0 Å². The first-order valence-corrected chi connectivity index (χ1v) is 6.94. The maximum absolute atomic E-state index is 4.38. The van der Waals surface area contributed by atoms with Crippen LogP contribution in [0.2, 0.25) is 0 Å². The van der Waals surface area contributed by atoms with Gasteiger partial charge in [-0.05, 0) is 24.5 Å².